The molecule has 0 saturated carbocycles. The summed E-state index contributed by atoms with van der Waals surface area (Å²) in [4.78, 5) is 22.8. The summed E-state index contributed by atoms with van der Waals surface area (Å²) in [5.41, 5.74) is 5.54. The summed E-state index contributed by atoms with van der Waals surface area (Å²) >= 11 is 5.69. The predicted molar refractivity (Wildman–Crippen MR) is 126 cm³/mol. The highest BCUT2D eigenvalue weighted by molar-refractivity contribution is 7.80. The van der Waals surface area contributed by atoms with Gasteiger partial charge in [0.25, 0.3) is 0 Å². The van der Waals surface area contributed by atoms with E-state index in [-0.39, 0.29) is 24.5 Å². The van der Waals surface area contributed by atoms with Crippen LogP contribution in [-0.4, -0.2) is 44.2 Å². The second-order valence-corrected chi connectivity index (χ2v) is 8.31. The van der Waals surface area contributed by atoms with Gasteiger partial charge in [0.15, 0.2) is 5.11 Å². The minimum atomic E-state index is -0.255. The minimum Gasteiger partial charge on any atom is -0.469 e. The summed E-state index contributed by atoms with van der Waals surface area (Å²) < 4.78 is 7.15. The molecule has 1 saturated heterocycles. The molecule has 32 heavy (non-hydrogen) atoms. The van der Waals surface area contributed by atoms with Crippen LogP contribution in [-0.2, 0) is 16.1 Å². The van der Waals surface area contributed by atoms with E-state index >= 15 is 0 Å². The molecule has 1 N–H and O–H groups in total. The molecule has 2 atom stereocenters. The molecule has 7 nitrogen and oxygen atoms in total. The number of aromatic nitrogens is 3. The standard InChI is InChI=1S/C24H27N5O2S/c1-16-13-19(17(2)29(16)15-18-7-6-10-25-14-18)23-22(20-8-4-5-11-26-20)27-24(32)28(23)12-9-21(30)31-3/h4-8,10-11,13-14,22-23H,9,12,15H2,1-3H3,(H,27,32)/t22-,23-/m0/s1. The van der Waals surface area contributed by atoms with Crippen molar-refractivity contribution in [2.24, 2.45) is 0 Å². The van der Waals surface area contributed by atoms with Crippen LogP contribution in [0.5, 0.6) is 0 Å². The second-order valence-electron chi connectivity index (χ2n) is 7.92. The zero-order valence-corrected chi connectivity index (χ0v) is 19.3. The molecule has 0 radical (unpaired) electrons. The Balaban J connectivity index is 1.73. The molecular formula is C24H27N5O2S. The molecule has 0 bridgehead atoms. The average molecular weight is 450 g/mol. The lowest BCUT2D eigenvalue weighted by Crippen LogP contribution is -2.32. The summed E-state index contributed by atoms with van der Waals surface area (Å²) in [5.74, 6) is -0.255. The van der Waals surface area contributed by atoms with E-state index in [1.807, 2.05) is 30.5 Å². The number of thiocarbonyl (C=S) groups is 1. The molecule has 3 aromatic heterocycles. The van der Waals surface area contributed by atoms with Crippen molar-refractivity contribution in [2.75, 3.05) is 13.7 Å². The Morgan fingerprint density at radius 1 is 1.22 bits per heavy atom. The molecule has 1 fully saturated rings. The first kappa shape index (κ1) is 22.0. The maximum absolute atomic E-state index is 11.9. The van der Waals surface area contributed by atoms with Gasteiger partial charge in [-0.3, -0.25) is 14.8 Å². The van der Waals surface area contributed by atoms with Crippen molar-refractivity contribution in [1.82, 2.24) is 24.8 Å². The highest BCUT2D eigenvalue weighted by Gasteiger charge is 2.41. The van der Waals surface area contributed by atoms with Crippen LogP contribution >= 0.6 is 12.2 Å². The number of nitrogens with one attached hydrogen (secondary N) is 1. The van der Waals surface area contributed by atoms with Gasteiger partial charge in [-0.25, -0.2) is 0 Å². The summed E-state index contributed by atoms with van der Waals surface area (Å²) in [6.45, 7) is 5.46. The maximum atomic E-state index is 11.9. The van der Waals surface area contributed by atoms with E-state index in [1.165, 1.54) is 12.7 Å². The monoisotopic (exact) mass is 449 g/mol. The van der Waals surface area contributed by atoms with Crippen molar-refractivity contribution in [3.8, 4) is 0 Å². The number of rotatable bonds is 7. The Kier molecular flexibility index (Phi) is 6.50. The molecule has 0 amide bonds. The van der Waals surface area contributed by atoms with Gasteiger partial charge in [-0.2, -0.15) is 0 Å². The lowest BCUT2D eigenvalue weighted by atomic mass is 9.96. The smallest absolute Gasteiger partial charge is 0.307 e. The van der Waals surface area contributed by atoms with E-state index < -0.39 is 0 Å². The molecule has 1 aliphatic heterocycles. The molecule has 4 rings (SSSR count). The Morgan fingerprint density at radius 3 is 2.75 bits per heavy atom. The van der Waals surface area contributed by atoms with E-state index in [0.29, 0.717) is 11.7 Å². The van der Waals surface area contributed by atoms with Crippen LogP contribution in [0.25, 0.3) is 0 Å². The van der Waals surface area contributed by atoms with Crippen molar-refractivity contribution in [3.63, 3.8) is 0 Å². The Hall–Kier alpha value is -3.26. The van der Waals surface area contributed by atoms with Crippen molar-refractivity contribution in [1.29, 1.82) is 0 Å². The van der Waals surface area contributed by atoms with Crippen LogP contribution in [0, 0.1) is 13.8 Å². The number of methoxy groups -OCH3 is 1. The molecule has 0 unspecified atom stereocenters. The number of ether oxygens (including phenoxy) is 1. The Labute approximate surface area is 193 Å². The van der Waals surface area contributed by atoms with Crippen molar-refractivity contribution < 1.29 is 9.53 Å². The Bertz CT molecular complexity index is 1100. The SMILES string of the molecule is COC(=O)CCN1C(=S)N[C@@H](c2ccccn2)[C@@H]1c1cc(C)n(Cc2cccnc2)c1C. The fourth-order valence-corrected chi connectivity index (χ4v) is 4.68. The summed E-state index contributed by atoms with van der Waals surface area (Å²) in [6.07, 6.45) is 5.73. The van der Waals surface area contributed by atoms with Crippen molar-refractivity contribution in [3.05, 3.63) is 83.2 Å². The molecule has 1 aliphatic rings. The van der Waals surface area contributed by atoms with E-state index in [2.05, 4.69) is 50.7 Å². The minimum absolute atomic E-state index is 0.0871. The van der Waals surface area contributed by atoms with Gasteiger partial charge in [0, 0.05) is 43.1 Å². The van der Waals surface area contributed by atoms with Gasteiger partial charge in [0.05, 0.1) is 31.3 Å². The number of aryl methyl sites for hydroxylation is 1. The zero-order valence-electron chi connectivity index (χ0n) is 18.5. The van der Waals surface area contributed by atoms with Gasteiger partial charge in [0.2, 0.25) is 0 Å². The first-order chi connectivity index (χ1) is 15.5. The third kappa shape index (κ3) is 4.36. The molecule has 0 aliphatic carbocycles. The van der Waals surface area contributed by atoms with Crippen LogP contribution < -0.4 is 5.32 Å². The number of carbonyl (C=O) groups excluding carboxylic acids is 1. The molecule has 8 heteroatoms. The highest BCUT2D eigenvalue weighted by Crippen LogP contribution is 2.41. The van der Waals surface area contributed by atoms with E-state index in [9.17, 15) is 4.79 Å². The number of hydrogen-bond acceptors (Lipinski definition) is 5. The fraction of sp³-hybridized carbons (Fsp3) is 0.333. The van der Waals surface area contributed by atoms with E-state index in [1.54, 1.807) is 12.4 Å². The molecular weight excluding hydrogens is 422 g/mol. The largest absolute Gasteiger partial charge is 0.469 e. The first-order valence-corrected chi connectivity index (χ1v) is 11.0. The third-order valence-corrected chi connectivity index (χ3v) is 6.33. The third-order valence-electron chi connectivity index (χ3n) is 5.98. The van der Waals surface area contributed by atoms with Gasteiger partial charge in [-0.1, -0.05) is 12.1 Å². The number of esters is 1. The topological polar surface area (TPSA) is 72.3 Å². The molecule has 4 heterocycles. The number of nitrogens with zero attached hydrogens (tertiary/aromatic N) is 4. The summed E-state index contributed by atoms with van der Waals surface area (Å²) in [7, 11) is 1.41. The fourth-order valence-electron chi connectivity index (χ4n) is 4.34. The second kappa shape index (κ2) is 9.48. The van der Waals surface area contributed by atoms with Crippen LogP contribution in [0.3, 0.4) is 0 Å². The normalized spacial score (nSPS) is 18.0. The van der Waals surface area contributed by atoms with Crippen LogP contribution in [0.2, 0.25) is 0 Å². The van der Waals surface area contributed by atoms with Crippen LogP contribution in [0.1, 0.15) is 46.7 Å². The lowest BCUT2D eigenvalue weighted by Gasteiger charge is -2.28. The average Bonchev–Trinajstić information content (AvgIpc) is 3.29. The lowest BCUT2D eigenvalue weighted by molar-refractivity contribution is -0.140. The van der Waals surface area contributed by atoms with Gasteiger partial charge in [0.1, 0.15) is 0 Å². The van der Waals surface area contributed by atoms with Crippen LogP contribution in [0.4, 0.5) is 0 Å². The Morgan fingerprint density at radius 2 is 2.06 bits per heavy atom. The zero-order chi connectivity index (χ0) is 22.7. The quantitative estimate of drug-likeness (QED) is 0.437. The number of hydrogen-bond donors (Lipinski definition) is 1. The number of carbonyl (C=O) groups is 1. The van der Waals surface area contributed by atoms with Gasteiger partial charge in [-0.05, 0) is 61.5 Å². The highest BCUT2D eigenvalue weighted by atomic mass is 32.1. The van der Waals surface area contributed by atoms with Crippen molar-refractivity contribution >= 4 is 23.3 Å². The van der Waals surface area contributed by atoms with Gasteiger partial charge >= 0.3 is 5.97 Å². The van der Waals surface area contributed by atoms with Gasteiger partial charge < -0.3 is 19.5 Å². The van der Waals surface area contributed by atoms with Gasteiger partial charge in [-0.15, -0.1) is 0 Å². The van der Waals surface area contributed by atoms with E-state index in [4.69, 9.17) is 17.0 Å². The predicted octanol–water partition coefficient (Wildman–Crippen LogP) is 3.48. The van der Waals surface area contributed by atoms with E-state index in [0.717, 1.165) is 29.2 Å². The molecule has 166 valence electrons. The molecule has 0 aromatic carbocycles. The molecule has 3 aromatic rings. The van der Waals surface area contributed by atoms with Crippen molar-refractivity contribution in [2.45, 2.75) is 38.9 Å². The maximum Gasteiger partial charge on any atom is 0.307 e. The molecule has 0 spiro atoms. The first-order valence-electron chi connectivity index (χ1n) is 10.6. The van der Waals surface area contributed by atoms with Crippen LogP contribution in [0.15, 0.2) is 55.0 Å². The number of pyridine rings is 2. The summed E-state index contributed by atoms with van der Waals surface area (Å²) in [6, 6.07) is 11.9. The summed E-state index contributed by atoms with van der Waals surface area (Å²) in [5, 5.41) is 4.06.